The molecule has 0 aliphatic carbocycles. The number of esters is 1. The first-order valence-corrected chi connectivity index (χ1v) is 10.1. The van der Waals surface area contributed by atoms with E-state index in [4.69, 9.17) is 4.74 Å². The summed E-state index contributed by atoms with van der Waals surface area (Å²) in [4.78, 5) is 51.8. The fourth-order valence-corrected chi connectivity index (χ4v) is 3.94. The molecule has 1 aliphatic heterocycles. The van der Waals surface area contributed by atoms with Gasteiger partial charge in [-0.2, -0.15) is 0 Å². The lowest BCUT2D eigenvalue weighted by Crippen LogP contribution is -2.30. The Morgan fingerprint density at radius 1 is 0.967 bits per heavy atom. The van der Waals surface area contributed by atoms with Gasteiger partial charge in [-0.05, 0) is 60.7 Å². The molecule has 6 nitrogen and oxygen atoms in total. The van der Waals surface area contributed by atoms with Gasteiger partial charge >= 0.3 is 5.97 Å². The number of hydrogen-bond acceptors (Lipinski definition) is 6. The molecule has 1 aromatic heterocycles. The Balaban J connectivity index is 1.56. The second kappa shape index (κ2) is 7.68. The Morgan fingerprint density at radius 3 is 2.47 bits per heavy atom. The van der Waals surface area contributed by atoms with E-state index in [1.165, 1.54) is 29.5 Å². The molecule has 0 spiro atoms. The SMILES string of the molecule is Cc1cccc(N2C(=O)c3ccc(C(=O)OCC(=O)c4cccs4)cc3C2=O)c1C. The summed E-state index contributed by atoms with van der Waals surface area (Å²) >= 11 is 1.27. The zero-order chi connectivity index (χ0) is 21.4. The van der Waals surface area contributed by atoms with Gasteiger partial charge in [-0.1, -0.05) is 18.2 Å². The third-order valence-corrected chi connectivity index (χ3v) is 5.98. The van der Waals surface area contributed by atoms with Gasteiger partial charge in [-0.25, -0.2) is 9.69 Å². The Labute approximate surface area is 176 Å². The quantitative estimate of drug-likeness (QED) is 0.352. The highest BCUT2D eigenvalue weighted by Gasteiger charge is 2.38. The molecule has 0 N–H and O–H groups in total. The molecule has 150 valence electrons. The minimum atomic E-state index is -0.729. The van der Waals surface area contributed by atoms with Crippen LogP contribution in [-0.4, -0.2) is 30.2 Å². The lowest BCUT2D eigenvalue weighted by atomic mass is 10.1. The number of nitrogens with zero attached hydrogens (tertiary/aromatic N) is 1. The average Bonchev–Trinajstić information content (AvgIpc) is 3.36. The van der Waals surface area contributed by atoms with Crippen molar-refractivity contribution < 1.29 is 23.9 Å². The maximum absolute atomic E-state index is 13.0. The topological polar surface area (TPSA) is 80.8 Å². The normalized spacial score (nSPS) is 12.8. The molecular formula is C23H17NO5S. The number of aryl methyl sites for hydroxylation is 1. The zero-order valence-electron chi connectivity index (χ0n) is 16.3. The Kier molecular flexibility index (Phi) is 5.05. The second-order valence-corrected chi connectivity index (χ2v) is 7.85. The van der Waals surface area contributed by atoms with Crippen molar-refractivity contribution in [3.8, 4) is 0 Å². The Bertz CT molecular complexity index is 1200. The molecule has 2 heterocycles. The van der Waals surface area contributed by atoms with E-state index >= 15 is 0 Å². The highest BCUT2D eigenvalue weighted by molar-refractivity contribution is 7.12. The van der Waals surface area contributed by atoms with Gasteiger partial charge in [-0.3, -0.25) is 14.4 Å². The van der Waals surface area contributed by atoms with Crippen LogP contribution in [0.5, 0.6) is 0 Å². The summed E-state index contributed by atoms with van der Waals surface area (Å²) in [5, 5.41) is 1.76. The number of rotatable bonds is 5. The maximum atomic E-state index is 13.0. The molecule has 1 aliphatic rings. The van der Waals surface area contributed by atoms with Crippen LogP contribution in [0.1, 0.15) is 51.9 Å². The van der Waals surface area contributed by atoms with Crippen molar-refractivity contribution in [3.05, 3.63) is 86.6 Å². The molecule has 30 heavy (non-hydrogen) atoms. The number of ether oxygens (including phenoxy) is 1. The van der Waals surface area contributed by atoms with Gasteiger partial charge < -0.3 is 4.74 Å². The predicted octanol–water partition coefficient (Wildman–Crippen LogP) is 4.21. The highest BCUT2D eigenvalue weighted by atomic mass is 32.1. The summed E-state index contributed by atoms with van der Waals surface area (Å²) in [6.07, 6.45) is 0. The molecule has 0 unspecified atom stereocenters. The van der Waals surface area contributed by atoms with Crippen LogP contribution in [-0.2, 0) is 4.74 Å². The smallest absolute Gasteiger partial charge is 0.338 e. The van der Waals surface area contributed by atoms with Crippen molar-refractivity contribution in [2.24, 2.45) is 0 Å². The average molecular weight is 419 g/mol. The van der Waals surface area contributed by atoms with E-state index in [2.05, 4.69) is 0 Å². The highest BCUT2D eigenvalue weighted by Crippen LogP contribution is 2.32. The molecular weight excluding hydrogens is 402 g/mol. The molecule has 0 bridgehead atoms. The minimum Gasteiger partial charge on any atom is -0.454 e. The second-order valence-electron chi connectivity index (χ2n) is 6.90. The van der Waals surface area contributed by atoms with Crippen LogP contribution >= 0.6 is 11.3 Å². The zero-order valence-corrected chi connectivity index (χ0v) is 17.1. The van der Waals surface area contributed by atoms with Crippen LogP contribution in [0.15, 0.2) is 53.9 Å². The summed E-state index contributed by atoms with van der Waals surface area (Å²) in [7, 11) is 0. The number of anilines is 1. The van der Waals surface area contributed by atoms with Crippen LogP contribution in [0.25, 0.3) is 0 Å². The van der Waals surface area contributed by atoms with E-state index in [1.807, 2.05) is 19.9 Å². The summed E-state index contributed by atoms with van der Waals surface area (Å²) in [6, 6.07) is 13.0. The molecule has 4 rings (SSSR count). The van der Waals surface area contributed by atoms with Crippen LogP contribution in [0.4, 0.5) is 5.69 Å². The predicted molar refractivity (Wildman–Crippen MR) is 112 cm³/mol. The lowest BCUT2D eigenvalue weighted by molar-refractivity contribution is 0.0475. The Morgan fingerprint density at radius 2 is 1.73 bits per heavy atom. The molecule has 0 radical (unpaired) electrons. The first-order chi connectivity index (χ1) is 14.4. The number of ketones is 1. The number of benzene rings is 2. The van der Waals surface area contributed by atoms with E-state index < -0.39 is 24.4 Å². The molecule has 2 aromatic carbocycles. The van der Waals surface area contributed by atoms with Crippen molar-refractivity contribution in [2.75, 3.05) is 11.5 Å². The molecule has 0 fully saturated rings. The number of hydrogen-bond donors (Lipinski definition) is 0. The molecule has 0 saturated heterocycles. The summed E-state index contributed by atoms with van der Waals surface area (Å²) < 4.78 is 5.09. The number of thiophene rings is 1. The van der Waals surface area contributed by atoms with E-state index in [0.717, 1.165) is 16.0 Å². The van der Waals surface area contributed by atoms with Crippen molar-refractivity contribution in [1.82, 2.24) is 0 Å². The van der Waals surface area contributed by atoms with Gasteiger partial charge in [0.05, 0.1) is 27.3 Å². The third kappa shape index (κ3) is 3.33. The van der Waals surface area contributed by atoms with Crippen molar-refractivity contribution in [1.29, 1.82) is 0 Å². The molecule has 0 saturated carbocycles. The fourth-order valence-electron chi connectivity index (χ4n) is 3.29. The first kappa shape index (κ1) is 19.7. The van der Waals surface area contributed by atoms with E-state index in [0.29, 0.717) is 10.6 Å². The third-order valence-electron chi connectivity index (χ3n) is 5.07. The largest absolute Gasteiger partial charge is 0.454 e. The summed E-state index contributed by atoms with van der Waals surface area (Å²) in [6.45, 7) is 3.36. The molecule has 7 heteroatoms. The van der Waals surface area contributed by atoms with Gasteiger partial charge in [0.2, 0.25) is 5.78 Å². The Hall–Kier alpha value is -3.58. The van der Waals surface area contributed by atoms with Gasteiger partial charge in [0.15, 0.2) is 6.61 Å². The summed E-state index contributed by atoms with van der Waals surface area (Å²) in [5.41, 5.74) is 2.79. The summed E-state index contributed by atoms with van der Waals surface area (Å²) in [5.74, 6) is -1.95. The van der Waals surface area contributed by atoms with E-state index in [9.17, 15) is 19.2 Å². The van der Waals surface area contributed by atoms with E-state index in [1.54, 1.807) is 29.6 Å². The number of amides is 2. The van der Waals surface area contributed by atoms with Crippen molar-refractivity contribution in [2.45, 2.75) is 13.8 Å². The monoisotopic (exact) mass is 419 g/mol. The van der Waals surface area contributed by atoms with Crippen LogP contribution in [0, 0.1) is 13.8 Å². The number of Topliss-reactive ketones (excluding diaryl/α,β-unsaturated/α-hetero) is 1. The lowest BCUT2D eigenvalue weighted by Gasteiger charge is -2.17. The van der Waals surface area contributed by atoms with Gasteiger partial charge in [0, 0.05) is 0 Å². The minimum absolute atomic E-state index is 0.108. The maximum Gasteiger partial charge on any atom is 0.338 e. The number of fused-ring (bicyclic) bond motifs is 1. The van der Waals surface area contributed by atoms with E-state index in [-0.39, 0.29) is 22.5 Å². The molecule has 0 atom stereocenters. The van der Waals surface area contributed by atoms with Crippen LogP contribution in [0.3, 0.4) is 0 Å². The standard InChI is InChI=1S/C23H17NO5S/c1-13-5-3-6-18(14(13)2)24-21(26)16-9-8-15(11-17(16)22(24)27)23(28)29-12-19(25)20-7-4-10-30-20/h3-11H,12H2,1-2H3. The van der Waals surface area contributed by atoms with Crippen LogP contribution in [0.2, 0.25) is 0 Å². The first-order valence-electron chi connectivity index (χ1n) is 9.21. The van der Waals surface area contributed by atoms with Gasteiger partial charge in [-0.15, -0.1) is 11.3 Å². The molecule has 3 aromatic rings. The van der Waals surface area contributed by atoms with Crippen molar-refractivity contribution >= 4 is 40.6 Å². The van der Waals surface area contributed by atoms with Gasteiger partial charge in [0.1, 0.15) is 0 Å². The number of carbonyl (C=O) groups excluding carboxylic acids is 4. The molecule has 2 amide bonds. The fraction of sp³-hybridized carbons (Fsp3) is 0.130. The number of imide groups is 1. The van der Waals surface area contributed by atoms with Crippen LogP contribution < -0.4 is 4.90 Å². The number of carbonyl (C=O) groups is 4. The van der Waals surface area contributed by atoms with Crippen molar-refractivity contribution in [3.63, 3.8) is 0 Å². The van der Waals surface area contributed by atoms with Gasteiger partial charge in [0.25, 0.3) is 11.8 Å².